The molecule has 1 heterocycles. The van der Waals surface area contributed by atoms with Gasteiger partial charge in [0.25, 0.3) is 5.91 Å². The van der Waals surface area contributed by atoms with Crippen molar-refractivity contribution < 1.29 is 14.3 Å². The topological polar surface area (TPSA) is 54.8 Å². The quantitative estimate of drug-likeness (QED) is 0.383. The second-order valence-electron chi connectivity index (χ2n) is 9.51. The fraction of sp³-hybridized carbons (Fsp3) is 0.400. The van der Waals surface area contributed by atoms with E-state index in [4.69, 9.17) is 4.74 Å². The molecule has 6 heteroatoms. The van der Waals surface area contributed by atoms with Gasteiger partial charge in [0.05, 0.1) is 13.2 Å². The minimum atomic E-state index is -0.0602. The standard InChI is InChI=1S/C30H37N3O3/c1-36-21-20-32(23-28-18-11-19-31(28)22-25-12-5-2-6-13-25)29(34)24-33(27-16-9-4-10-17-27)30(35)26-14-7-3-8-15-26/h2-3,5-8,11-15,18-19,27H,4,9-10,16-17,20-24H2,1H3. The van der Waals surface area contributed by atoms with E-state index < -0.39 is 0 Å². The van der Waals surface area contributed by atoms with Crippen molar-refractivity contribution in [2.24, 2.45) is 0 Å². The maximum atomic E-state index is 13.7. The van der Waals surface area contributed by atoms with Gasteiger partial charge in [0.2, 0.25) is 5.91 Å². The lowest BCUT2D eigenvalue weighted by molar-refractivity contribution is -0.133. The molecular formula is C30H37N3O3. The van der Waals surface area contributed by atoms with Crippen LogP contribution in [0.5, 0.6) is 0 Å². The Kier molecular flexibility index (Phi) is 9.33. The lowest BCUT2D eigenvalue weighted by Crippen LogP contribution is -2.48. The van der Waals surface area contributed by atoms with Crippen LogP contribution in [-0.2, 0) is 22.6 Å². The molecule has 0 N–H and O–H groups in total. The number of aromatic nitrogens is 1. The molecule has 4 rings (SSSR count). The maximum Gasteiger partial charge on any atom is 0.254 e. The van der Waals surface area contributed by atoms with Gasteiger partial charge in [-0.2, -0.15) is 0 Å². The molecule has 1 aliphatic rings. The molecule has 0 bridgehead atoms. The molecule has 6 nitrogen and oxygen atoms in total. The summed E-state index contributed by atoms with van der Waals surface area (Å²) in [5, 5.41) is 0. The molecule has 1 aromatic heterocycles. The number of carbonyl (C=O) groups excluding carboxylic acids is 2. The van der Waals surface area contributed by atoms with Gasteiger partial charge in [-0.15, -0.1) is 0 Å². The number of carbonyl (C=O) groups is 2. The van der Waals surface area contributed by atoms with Crippen molar-refractivity contribution in [3.63, 3.8) is 0 Å². The molecule has 190 valence electrons. The highest BCUT2D eigenvalue weighted by atomic mass is 16.5. The predicted octanol–water partition coefficient (Wildman–Crippen LogP) is 4.99. The zero-order valence-electron chi connectivity index (χ0n) is 21.2. The molecule has 3 aromatic rings. The van der Waals surface area contributed by atoms with Crippen molar-refractivity contribution in [1.29, 1.82) is 0 Å². The van der Waals surface area contributed by atoms with Crippen molar-refractivity contribution in [2.45, 2.75) is 51.2 Å². The zero-order valence-corrected chi connectivity index (χ0v) is 21.2. The summed E-state index contributed by atoms with van der Waals surface area (Å²) in [6, 6.07) is 23.8. The molecular weight excluding hydrogens is 450 g/mol. The Hall–Kier alpha value is -3.38. The molecule has 0 saturated heterocycles. The van der Waals surface area contributed by atoms with Crippen LogP contribution in [0.4, 0.5) is 0 Å². The van der Waals surface area contributed by atoms with Crippen molar-refractivity contribution >= 4 is 11.8 Å². The third-order valence-corrected chi connectivity index (χ3v) is 6.99. The monoisotopic (exact) mass is 487 g/mol. The Labute approximate surface area is 214 Å². The highest BCUT2D eigenvalue weighted by molar-refractivity contribution is 5.96. The summed E-state index contributed by atoms with van der Waals surface area (Å²) in [6.45, 7) is 2.23. The van der Waals surface area contributed by atoms with E-state index in [0.29, 0.717) is 25.3 Å². The Morgan fingerprint density at radius 3 is 2.31 bits per heavy atom. The van der Waals surface area contributed by atoms with E-state index in [1.807, 2.05) is 64.4 Å². The molecule has 0 unspecified atom stereocenters. The number of nitrogens with zero attached hydrogens (tertiary/aromatic N) is 3. The van der Waals surface area contributed by atoms with Crippen LogP contribution in [0.2, 0.25) is 0 Å². The van der Waals surface area contributed by atoms with Gasteiger partial charge in [0, 0.05) is 43.7 Å². The van der Waals surface area contributed by atoms with E-state index in [1.165, 1.54) is 12.0 Å². The van der Waals surface area contributed by atoms with Crippen LogP contribution in [0.1, 0.15) is 53.7 Å². The zero-order chi connectivity index (χ0) is 25.2. The lowest BCUT2D eigenvalue weighted by Gasteiger charge is -2.35. The highest BCUT2D eigenvalue weighted by Crippen LogP contribution is 2.24. The average Bonchev–Trinajstić information content (AvgIpc) is 3.37. The number of ether oxygens (including phenoxy) is 1. The molecule has 0 radical (unpaired) electrons. The average molecular weight is 488 g/mol. The second-order valence-corrected chi connectivity index (χ2v) is 9.51. The van der Waals surface area contributed by atoms with Gasteiger partial charge >= 0.3 is 0 Å². The van der Waals surface area contributed by atoms with E-state index in [9.17, 15) is 9.59 Å². The minimum Gasteiger partial charge on any atom is -0.383 e. The van der Waals surface area contributed by atoms with Crippen LogP contribution < -0.4 is 0 Å². The molecule has 1 saturated carbocycles. The van der Waals surface area contributed by atoms with Crippen LogP contribution >= 0.6 is 0 Å². The first-order chi connectivity index (χ1) is 17.7. The molecule has 36 heavy (non-hydrogen) atoms. The Morgan fingerprint density at radius 2 is 1.61 bits per heavy atom. The second kappa shape index (κ2) is 13.1. The van der Waals surface area contributed by atoms with Crippen LogP contribution in [0.25, 0.3) is 0 Å². The van der Waals surface area contributed by atoms with Gasteiger partial charge in [0.1, 0.15) is 6.54 Å². The largest absolute Gasteiger partial charge is 0.383 e. The van der Waals surface area contributed by atoms with Crippen LogP contribution in [0.3, 0.4) is 0 Å². The number of hydrogen-bond acceptors (Lipinski definition) is 3. The van der Waals surface area contributed by atoms with Crippen LogP contribution in [0.15, 0.2) is 79.0 Å². The van der Waals surface area contributed by atoms with Crippen molar-refractivity contribution in [2.75, 3.05) is 26.8 Å². The molecule has 1 fully saturated rings. The highest BCUT2D eigenvalue weighted by Gasteiger charge is 2.30. The van der Waals surface area contributed by atoms with Gasteiger partial charge in [-0.3, -0.25) is 9.59 Å². The van der Waals surface area contributed by atoms with E-state index in [-0.39, 0.29) is 24.4 Å². The lowest BCUT2D eigenvalue weighted by atomic mass is 9.93. The fourth-order valence-electron chi connectivity index (χ4n) is 4.97. The van der Waals surface area contributed by atoms with Gasteiger partial charge in [0.15, 0.2) is 0 Å². The number of methoxy groups -OCH3 is 1. The number of rotatable bonds is 11. The van der Waals surface area contributed by atoms with Crippen molar-refractivity contribution in [3.8, 4) is 0 Å². The van der Waals surface area contributed by atoms with Crippen molar-refractivity contribution in [1.82, 2.24) is 14.4 Å². The first-order valence-corrected chi connectivity index (χ1v) is 13.0. The van der Waals surface area contributed by atoms with Crippen LogP contribution in [0, 0.1) is 0 Å². The molecule has 1 aliphatic carbocycles. The van der Waals surface area contributed by atoms with Crippen molar-refractivity contribution in [3.05, 3.63) is 95.8 Å². The summed E-state index contributed by atoms with van der Waals surface area (Å²) in [6.07, 6.45) is 7.33. The maximum absolute atomic E-state index is 13.7. The first-order valence-electron chi connectivity index (χ1n) is 13.0. The Bertz CT molecular complexity index is 1090. The molecule has 0 aliphatic heterocycles. The predicted molar refractivity (Wildman–Crippen MR) is 142 cm³/mol. The van der Waals surface area contributed by atoms with Gasteiger partial charge in [-0.1, -0.05) is 67.8 Å². The van der Waals surface area contributed by atoms with Gasteiger partial charge in [-0.05, 0) is 42.7 Å². The number of hydrogen-bond donors (Lipinski definition) is 0. The van der Waals surface area contributed by atoms with E-state index >= 15 is 0 Å². The fourth-order valence-corrected chi connectivity index (χ4v) is 4.97. The first kappa shape index (κ1) is 25.7. The van der Waals surface area contributed by atoms with Gasteiger partial charge in [-0.25, -0.2) is 0 Å². The van der Waals surface area contributed by atoms with E-state index in [1.54, 1.807) is 7.11 Å². The smallest absolute Gasteiger partial charge is 0.254 e. The third-order valence-electron chi connectivity index (χ3n) is 6.99. The molecule has 2 aromatic carbocycles. The minimum absolute atomic E-state index is 0.0469. The summed E-state index contributed by atoms with van der Waals surface area (Å²) < 4.78 is 7.50. The molecule has 2 amide bonds. The SMILES string of the molecule is COCCN(Cc1cccn1Cc1ccccc1)C(=O)CN(C(=O)c1ccccc1)C1CCCCC1. The van der Waals surface area contributed by atoms with Gasteiger partial charge < -0.3 is 19.1 Å². The Morgan fingerprint density at radius 1 is 0.917 bits per heavy atom. The number of amides is 2. The molecule has 0 atom stereocenters. The van der Waals surface area contributed by atoms with E-state index in [2.05, 4.69) is 29.0 Å². The molecule has 0 spiro atoms. The third kappa shape index (κ3) is 6.85. The number of benzene rings is 2. The summed E-state index contributed by atoms with van der Waals surface area (Å²) in [7, 11) is 1.65. The van der Waals surface area contributed by atoms with E-state index in [0.717, 1.165) is 37.9 Å². The summed E-state index contributed by atoms with van der Waals surface area (Å²) in [4.78, 5) is 30.9. The summed E-state index contributed by atoms with van der Waals surface area (Å²) in [5.41, 5.74) is 2.90. The normalized spacial score (nSPS) is 13.9. The summed E-state index contributed by atoms with van der Waals surface area (Å²) in [5.74, 6) is -0.107. The summed E-state index contributed by atoms with van der Waals surface area (Å²) >= 11 is 0. The van der Waals surface area contributed by atoms with Crippen LogP contribution in [-0.4, -0.2) is 59.0 Å². The Balaban J connectivity index is 1.51.